The summed E-state index contributed by atoms with van der Waals surface area (Å²) >= 11 is 0. The summed E-state index contributed by atoms with van der Waals surface area (Å²) in [5.41, 5.74) is 2.49. The lowest BCUT2D eigenvalue weighted by Crippen LogP contribution is -2.21. The van der Waals surface area contributed by atoms with Crippen LogP contribution in [0.2, 0.25) is 0 Å². The van der Waals surface area contributed by atoms with Crippen LogP contribution >= 0.6 is 0 Å². The number of para-hydroxylation sites is 1. The number of benzene rings is 2. The van der Waals surface area contributed by atoms with E-state index in [1.54, 1.807) is 7.11 Å². The zero-order valence-corrected chi connectivity index (χ0v) is 12.8. The Morgan fingerprint density at radius 2 is 1.76 bits per heavy atom. The van der Waals surface area contributed by atoms with Crippen molar-refractivity contribution in [2.75, 3.05) is 31.8 Å². The Hall–Kier alpha value is -2.00. The SMILES string of the molecule is CCN(Cc1cccc(OCCOC)c1)c1ccccc1. The van der Waals surface area contributed by atoms with Crippen LogP contribution in [-0.2, 0) is 11.3 Å². The fraction of sp³-hybridized carbons (Fsp3) is 0.333. The fourth-order valence-corrected chi connectivity index (χ4v) is 2.22. The van der Waals surface area contributed by atoms with E-state index in [0.717, 1.165) is 18.8 Å². The Morgan fingerprint density at radius 3 is 2.48 bits per heavy atom. The third-order valence-electron chi connectivity index (χ3n) is 3.33. The van der Waals surface area contributed by atoms with Crippen molar-refractivity contribution in [2.45, 2.75) is 13.5 Å². The molecule has 0 heterocycles. The van der Waals surface area contributed by atoms with Gasteiger partial charge in [-0.2, -0.15) is 0 Å². The van der Waals surface area contributed by atoms with Gasteiger partial charge in [0.1, 0.15) is 12.4 Å². The summed E-state index contributed by atoms with van der Waals surface area (Å²) in [5, 5.41) is 0. The van der Waals surface area contributed by atoms with Gasteiger partial charge in [0, 0.05) is 25.9 Å². The van der Waals surface area contributed by atoms with Gasteiger partial charge in [-0.3, -0.25) is 0 Å². The molecule has 0 N–H and O–H groups in total. The number of hydrogen-bond donors (Lipinski definition) is 0. The van der Waals surface area contributed by atoms with Crippen LogP contribution < -0.4 is 9.64 Å². The first-order valence-electron chi connectivity index (χ1n) is 7.34. The maximum Gasteiger partial charge on any atom is 0.119 e. The van der Waals surface area contributed by atoms with Crippen LogP contribution in [0.4, 0.5) is 5.69 Å². The Morgan fingerprint density at radius 1 is 0.952 bits per heavy atom. The Kier molecular flexibility index (Phi) is 6.10. The summed E-state index contributed by atoms with van der Waals surface area (Å²) in [7, 11) is 1.68. The lowest BCUT2D eigenvalue weighted by molar-refractivity contribution is 0.146. The first-order valence-corrected chi connectivity index (χ1v) is 7.34. The molecule has 0 aromatic heterocycles. The number of anilines is 1. The molecule has 0 spiro atoms. The summed E-state index contributed by atoms with van der Waals surface area (Å²) in [6.45, 7) is 5.21. The summed E-state index contributed by atoms with van der Waals surface area (Å²) in [5.74, 6) is 0.897. The molecule has 0 fully saturated rings. The van der Waals surface area contributed by atoms with Crippen LogP contribution in [-0.4, -0.2) is 26.9 Å². The van der Waals surface area contributed by atoms with Crippen LogP contribution in [0.3, 0.4) is 0 Å². The number of rotatable bonds is 8. The van der Waals surface area contributed by atoms with E-state index in [1.165, 1.54) is 11.3 Å². The first kappa shape index (κ1) is 15.4. The van der Waals surface area contributed by atoms with E-state index in [9.17, 15) is 0 Å². The van der Waals surface area contributed by atoms with Gasteiger partial charge in [0.2, 0.25) is 0 Å². The quantitative estimate of drug-likeness (QED) is 0.690. The minimum atomic E-state index is 0.579. The van der Waals surface area contributed by atoms with Crippen LogP contribution in [0.1, 0.15) is 12.5 Å². The highest BCUT2D eigenvalue weighted by atomic mass is 16.5. The zero-order valence-electron chi connectivity index (χ0n) is 12.8. The maximum absolute atomic E-state index is 5.66. The van der Waals surface area contributed by atoms with Crippen molar-refractivity contribution in [3.8, 4) is 5.75 Å². The molecule has 0 amide bonds. The molecule has 21 heavy (non-hydrogen) atoms. The predicted octanol–water partition coefficient (Wildman–Crippen LogP) is 3.74. The van der Waals surface area contributed by atoms with Gasteiger partial charge in [-0.05, 0) is 36.8 Å². The highest BCUT2D eigenvalue weighted by Crippen LogP contribution is 2.19. The van der Waals surface area contributed by atoms with Crippen molar-refractivity contribution in [3.05, 3.63) is 60.2 Å². The molecule has 0 saturated carbocycles. The number of methoxy groups -OCH3 is 1. The molecule has 0 bridgehead atoms. The summed E-state index contributed by atoms with van der Waals surface area (Å²) in [4.78, 5) is 2.34. The van der Waals surface area contributed by atoms with E-state index in [2.05, 4.69) is 48.2 Å². The molecule has 0 saturated heterocycles. The van der Waals surface area contributed by atoms with Crippen molar-refractivity contribution < 1.29 is 9.47 Å². The highest BCUT2D eigenvalue weighted by Gasteiger charge is 2.05. The molecule has 0 atom stereocenters. The van der Waals surface area contributed by atoms with E-state index < -0.39 is 0 Å². The van der Waals surface area contributed by atoms with E-state index in [-0.39, 0.29) is 0 Å². The molecule has 0 aliphatic rings. The van der Waals surface area contributed by atoms with E-state index in [4.69, 9.17) is 9.47 Å². The van der Waals surface area contributed by atoms with Gasteiger partial charge in [-0.1, -0.05) is 30.3 Å². The van der Waals surface area contributed by atoms with Gasteiger partial charge in [0.05, 0.1) is 6.61 Å². The zero-order chi connectivity index (χ0) is 14.9. The summed E-state index contributed by atoms with van der Waals surface area (Å²) in [6.07, 6.45) is 0. The van der Waals surface area contributed by atoms with Crippen LogP contribution in [0.15, 0.2) is 54.6 Å². The molecular formula is C18H23NO2. The Balaban J connectivity index is 2.02. The minimum Gasteiger partial charge on any atom is -0.491 e. The molecule has 2 rings (SSSR count). The van der Waals surface area contributed by atoms with Crippen molar-refractivity contribution >= 4 is 5.69 Å². The average Bonchev–Trinajstić information content (AvgIpc) is 2.54. The lowest BCUT2D eigenvalue weighted by Gasteiger charge is -2.23. The second kappa shape index (κ2) is 8.32. The normalized spacial score (nSPS) is 10.4. The Bertz CT molecular complexity index is 528. The molecule has 3 heteroatoms. The van der Waals surface area contributed by atoms with Gasteiger partial charge in [-0.25, -0.2) is 0 Å². The largest absolute Gasteiger partial charge is 0.491 e. The van der Waals surface area contributed by atoms with Crippen molar-refractivity contribution in [2.24, 2.45) is 0 Å². The number of hydrogen-bond acceptors (Lipinski definition) is 3. The molecule has 0 radical (unpaired) electrons. The Labute approximate surface area is 127 Å². The third-order valence-corrected chi connectivity index (χ3v) is 3.33. The lowest BCUT2D eigenvalue weighted by atomic mass is 10.2. The smallest absolute Gasteiger partial charge is 0.119 e. The van der Waals surface area contributed by atoms with Gasteiger partial charge >= 0.3 is 0 Å². The third kappa shape index (κ3) is 4.80. The average molecular weight is 285 g/mol. The molecule has 112 valence electrons. The monoisotopic (exact) mass is 285 g/mol. The van der Waals surface area contributed by atoms with Gasteiger partial charge in [0.25, 0.3) is 0 Å². The van der Waals surface area contributed by atoms with Crippen LogP contribution in [0.5, 0.6) is 5.75 Å². The second-order valence-electron chi connectivity index (χ2n) is 4.84. The van der Waals surface area contributed by atoms with E-state index >= 15 is 0 Å². The second-order valence-corrected chi connectivity index (χ2v) is 4.84. The van der Waals surface area contributed by atoms with Crippen molar-refractivity contribution in [3.63, 3.8) is 0 Å². The van der Waals surface area contributed by atoms with Gasteiger partial charge in [-0.15, -0.1) is 0 Å². The minimum absolute atomic E-state index is 0.579. The highest BCUT2D eigenvalue weighted by molar-refractivity contribution is 5.46. The topological polar surface area (TPSA) is 21.7 Å². The van der Waals surface area contributed by atoms with E-state index in [0.29, 0.717) is 13.2 Å². The van der Waals surface area contributed by atoms with Crippen LogP contribution in [0, 0.1) is 0 Å². The summed E-state index contributed by atoms with van der Waals surface area (Å²) < 4.78 is 10.7. The standard InChI is InChI=1S/C18H23NO2/c1-3-19(17-9-5-4-6-10-17)15-16-8-7-11-18(14-16)21-13-12-20-2/h4-11,14H,3,12-13,15H2,1-2H3. The van der Waals surface area contributed by atoms with Gasteiger partial charge < -0.3 is 14.4 Å². The summed E-state index contributed by atoms with van der Waals surface area (Å²) in [6, 6.07) is 18.7. The molecule has 3 nitrogen and oxygen atoms in total. The molecule has 0 aliphatic carbocycles. The van der Waals surface area contributed by atoms with Crippen molar-refractivity contribution in [1.29, 1.82) is 0 Å². The first-order chi connectivity index (χ1) is 10.3. The fourth-order valence-electron chi connectivity index (χ4n) is 2.22. The van der Waals surface area contributed by atoms with Crippen molar-refractivity contribution in [1.82, 2.24) is 0 Å². The molecule has 0 aliphatic heterocycles. The number of nitrogens with zero attached hydrogens (tertiary/aromatic N) is 1. The van der Waals surface area contributed by atoms with Gasteiger partial charge in [0.15, 0.2) is 0 Å². The molecule has 2 aromatic carbocycles. The maximum atomic E-state index is 5.66. The molecular weight excluding hydrogens is 262 g/mol. The van der Waals surface area contributed by atoms with E-state index in [1.807, 2.05) is 18.2 Å². The molecule has 0 unspecified atom stereocenters. The molecule has 2 aromatic rings. The van der Waals surface area contributed by atoms with Crippen LogP contribution in [0.25, 0.3) is 0 Å². The predicted molar refractivity (Wildman–Crippen MR) is 87.0 cm³/mol. The number of ether oxygens (including phenoxy) is 2.